The van der Waals surface area contributed by atoms with Crippen molar-refractivity contribution in [2.75, 3.05) is 316 Å². The van der Waals surface area contributed by atoms with Gasteiger partial charge in [0.1, 0.15) is 11.6 Å². The molecule has 0 saturated carbocycles. The van der Waals surface area contributed by atoms with Gasteiger partial charge in [0.05, 0.1) is 217 Å². The SMILES string of the molecule is CC(CO)(CO)CO.CC(COCCN=[N+]=[N-])(COCCN=[N+]=[N-])COCCN=[N+]=[N-].CCCOCCC(=O)CC(COCCN=[N+]=[N-])(COCCN=[N+]=[N-])COCCN=[N+]=[N-].CCCOCCC(=O)O.[N-]=[N+]=NCCO.[N-]=[N+]=NCCOCC(COCCN=[N+]=[N-])(COCCN=[N+]=[N-])CC(=O)CCOCCN.[N-]=[N+]=NCCOCC(N)(COCCN=[N+]=[N-])COCCN=[N+]=[N-]. The maximum absolute atomic E-state index is 12.6. The van der Waals surface area contributed by atoms with Crippen LogP contribution in [0.1, 0.15) is 72.6 Å². The van der Waals surface area contributed by atoms with Crippen LogP contribution in [-0.4, -0.2) is 365 Å². The van der Waals surface area contributed by atoms with E-state index >= 15 is 0 Å². The third kappa shape index (κ3) is 104. The molecule has 0 amide bonds. The summed E-state index contributed by atoms with van der Waals surface area (Å²) < 4.78 is 81.7. The number of aliphatic carboxylic acids is 1. The largest absolute Gasteiger partial charge is 0.481 e. The van der Waals surface area contributed by atoms with Crippen LogP contribution in [0.3, 0.4) is 0 Å². The van der Waals surface area contributed by atoms with Gasteiger partial charge in [0.2, 0.25) is 0 Å². The van der Waals surface area contributed by atoms with E-state index in [1.807, 2.05) is 20.8 Å². The Morgan fingerprint density at radius 2 is 0.473 bits per heavy atom. The molecular weight excluding hydrogens is 1750 g/mol. The molecular formula is C67H131N41O23. The second kappa shape index (κ2) is 108. The van der Waals surface area contributed by atoms with Crippen LogP contribution in [0, 0.1) is 21.7 Å². The lowest BCUT2D eigenvalue weighted by Gasteiger charge is -2.32. The van der Waals surface area contributed by atoms with Gasteiger partial charge in [-0.05, 0) is 84.7 Å². The fourth-order valence-corrected chi connectivity index (χ4v) is 8.58. The number of carbonyl (C=O) groups is 3. The van der Waals surface area contributed by atoms with Crippen molar-refractivity contribution < 1.29 is 111 Å². The van der Waals surface area contributed by atoms with Gasteiger partial charge >= 0.3 is 5.97 Å². The predicted octanol–water partition coefficient (Wildman–Crippen LogP) is 10.8. The number of nitrogens with zero attached hydrogens (tertiary/aromatic N) is 39. The van der Waals surface area contributed by atoms with Gasteiger partial charge in [-0.2, -0.15) is 0 Å². The molecule has 742 valence electrons. The number of ketones is 2. The van der Waals surface area contributed by atoms with Gasteiger partial charge in [0, 0.05) is 223 Å². The highest BCUT2D eigenvalue weighted by Gasteiger charge is 2.36. The summed E-state index contributed by atoms with van der Waals surface area (Å²) in [5.74, 6) is -0.911. The van der Waals surface area contributed by atoms with E-state index in [0.717, 1.165) is 12.8 Å². The Hall–Kier alpha value is -11.0. The fourth-order valence-electron chi connectivity index (χ4n) is 8.58. The topological polar surface area (TPSA) is 977 Å². The van der Waals surface area contributed by atoms with Crippen LogP contribution in [0.15, 0.2) is 66.5 Å². The van der Waals surface area contributed by atoms with Gasteiger partial charge in [-0.15, -0.1) is 0 Å². The molecule has 131 heavy (non-hydrogen) atoms. The van der Waals surface area contributed by atoms with Gasteiger partial charge < -0.3 is 108 Å². The molecule has 0 radical (unpaired) electrons. The summed E-state index contributed by atoms with van der Waals surface area (Å²) in [6, 6.07) is 0. The second-order valence-electron chi connectivity index (χ2n) is 26.9. The highest BCUT2D eigenvalue weighted by atomic mass is 16.5. The predicted molar refractivity (Wildman–Crippen MR) is 471 cm³/mol. The lowest BCUT2D eigenvalue weighted by Crippen LogP contribution is -2.53. The summed E-state index contributed by atoms with van der Waals surface area (Å²) in [6.45, 7) is 16.9. The van der Waals surface area contributed by atoms with E-state index in [2.05, 4.69) is 130 Å². The van der Waals surface area contributed by atoms with E-state index in [4.69, 9.17) is 180 Å². The number of carboxylic acids is 1. The van der Waals surface area contributed by atoms with Crippen LogP contribution in [-0.2, 0) is 85.4 Å². The molecule has 64 nitrogen and oxygen atoms in total. The molecule has 0 rings (SSSR count). The van der Waals surface area contributed by atoms with Gasteiger partial charge in [-0.25, -0.2) is 0 Å². The minimum Gasteiger partial charge on any atom is -0.481 e. The third-order valence-electron chi connectivity index (χ3n) is 14.8. The minimum atomic E-state index is -0.928. The normalized spacial score (nSPS) is 11.8. The van der Waals surface area contributed by atoms with Gasteiger partial charge in [0.25, 0.3) is 0 Å². The van der Waals surface area contributed by atoms with Crippen LogP contribution in [0.2, 0.25) is 0 Å². The molecule has 0 saturated heterocycles. The summed E-state index contributed by atoms with van der Waals surface area (Å²) in [5, 5.41) is 85.1. The van der Waals surface area contributed by atoms with Crippen molar-refractivity contribution >= 4 is 17.5 Å². The summed E-state index contributed by atoms with van der Waals surface area (Å²) in [7, 11) is 0. The van der Waals surface area contributed by atoms with Gasteiger partial charge in [0.15, 0.2) is 0 Å². The molecule has 0 bridgehead atoms. The molecule has 0 aromatic heterocycles. The average Bonchev–Trinajstić information content (AvgIpc) is 0.857. The van der Waals surface area contributed by atoms with Crippen molar-refractivity contribution in [3.05, 3.63) is 136 Å². The number of carbonyl (C=O) groups excluding carboxylic acids is 2. The lowest BCUT2D eigenvalue weighted by molar-refractivity contribution is -0.138. The molecule has 0 aromatic rings. The first-order chi connectivity index (χ1) is 63.5. The molecule has 0 fully saturated rings. The number of aliphatic hydroxyl groups is 4. The van der Waals surface area contributed by atoms with E-state index < -0.39 is 33.2 Å². The Bertz CT molecular complexity index is 3040. The Balaban J connectivity index is -0.000000290. The van der Waals surface area contributed by atoms with E-state index in [9.17, 15) is 14.4 Å². The van der Waals surface area contributed by atoms with E-state index in [1.54, 1.807) is 6.92 Å². The molecule has 0 unspecified atom stereocenters. The Morgan fingerprint density at radius 3 is 0.649 bits per heavy atom. The van der Waals surface area contributed by atoms with Crippen LogP contribution in [0.4, 0.5) is 0 Å². The molecule has 0 aliphatic rings. The van der Waals surface area contributed by atoms with Crippen LogP contribution >= 0.6 is 0 Å². The van der Waals surface area contributed by atoms with Crippen LogP contribution < -0.4 is 11.5 Å². The minimum absolute atomic E-state index is 0.0351. The number of azide groups is 13. The third-order valence-corrected chi connectivity index (χ3v) is 14.8. The van der Waals surface area contributed by atoms with Gasteiger partial charge in [-0.1, -0.05) is 94.2 Å². The maximum atomic E-state index is 12.6. The number of Topliss-reactive ketones (excluding diaryl/α,β-unsaturated/α-hetero) is 2. The highest BCUT2D eigenvalue weighted by molar-refractivity contribution is 5.79. The first kappa shape index (κ1) is 133. The molecule has 0 aliphatic heterocycles. The van der Waals surface area contributed by atoms with Gasteiger partial charge in [-0.3, -0.25) is 14.4 Å². The second-order valence-corrected chi connectivity index (χ2v) is 26.9. The highest BCUT2D eigenvalue weighted by Crippen LogP contribution is 2.28. The first-order valence-electron chi connectivity index (χ1n) is 40.5. The average molecular weight is 1880 g/mol. The molecule has 0 spiro atoms. The zero-order chi connectivity index (χ0) is 99.1. The number of ether oxygens (including phenoxy) is 15. The summed E-state index contributed by atoms with van der Waals surface area (Å²) in [6.07, 6.45) is 2.57. The molecule has 0 aromatic carbocycles. The summed E-state index contributed by atoms with van der Waals surface area (Å²) >= 11 is 0. The molecule has 0 aliphatic carbocycles. The summed E-state index contributed by atoms with van der Waals surface area (Å²) in [4.78, 5) is 69.2. The Kier molecular flexibility index (Phi) is 109. The Labute approximate surface area is 755 Å². The molecule has 64 heteroatoms. The smallest absolute Gasteiger partial charge is 0.305 e. The van der Waals surface area contributed by atoms with E-state index in [1.165, 1.54) is 0 Å². The van der Waals surface area contributed by atoms with E-state index in [-0.39, 0.29) is 281 Å². The monoisotopic (exact) mass is 1880 g/mol. The first-order valence-corrected chi connectivity index (χ1v) is 40.5. The van der Waals surface area contributed by atoms with Crippen molar-refractivity contribution in [2.24, 2.45) is 99.6 Å². The van der Waals surface area contributed by atoms with Crippen molar-refractivity contribution in [3.63, 3.8) is 0 Å². The van der Waals surface area contributed by atoms with E-state index in [0.29, 0.717) is 79.2 Å². The van der Waals surface area contributed by atoms with Crippen molar-refractivity contribution in [2.45, 2.75) is 78.2 Å². The Morgan fingerprint density at radius 1 is 0.275 bits per heavy atom. The van der Waals surface area contributed by atoms with Crippen molar-refractivity contribution in [3.8, 4) is 0 Å². The van der Waals surface area contributed by atoms with Crippen molar-refractivity contribution in [1.29, 1.82) is 0 Å². The molecule has 0 heterocycles. The zero-order valence-electron chi connectivity index (χ0n) is 75.1. The number of hydrogen-bond donors (Lipinski definition) is 7. The van der Waals surface area contributed by atoms with Crippen LogP contribution in [0.5, 0.6) is 0 Å². The number of nitrogens with two attached hydrogens (primary N) is 2. The summed E-state index contributed by atoms with van der Waals surface area (Å²) in [5.41, 5.74) is 115. The number of aliphatic hydroxyl groups excluding tert-OH is 4. The number of hydrogen-bond acceptors (Lipinski definition) is 37. The quantitative estimate of drug-likeness (QED) is 0.0129. The lowest BCUT2D eigenvalue weighted by atomic mass is 9.84. The zero-order valence-corrected chi connectivity index (χ0v) is 75.1. The number of carboxylic acid groups (broad SMARTS) is 1. The standard InChI is InChI=1S/C17H31N9O5.C16H30N10O5.C11H21N9O3.C10H20N10O3.C6H12O3.C5H12O3.C2H5N3O/c1-2-7-28-8-3-16(27)12-17(13-29-9-4-21-24-18,14-30-10-5-22-25-19)15-31-11-6-23-26-20;17-2-7-28-6-1-15(27)11-16(12-29-8-3-21-24-18,13-30-9-4-22-25-19)14-31-10-5-23-26-20;1-11(8-21-5-2-15-18-12,9-22-6-3-16-19-13)10-23-7-4-17-20-14;11-10(7-21-4-1-15-18-12,8-22-5-2-16-19-13)9-23-6-3-17-20-14;1-2-4-9-5-3-6(7)8;1-5(2-6,3-7)4-8;3-5-4-1-2-6/h2-15H2,1H3;1-14,17H2;2-10H2,1H3;1-9,11H2;2-5H2,1H3,(H,7,8);6-8H,2-4H2,1H3;6H,1-2H2. The van der Waals surface area contributed by atoms with Crippen molar-refractivity contribution in [1.82, 2.24) is 0 Å². The number of rotatable bonds is 84. The fraction of sp³-hybridized carbons (Fsp3) is 0.955. The molecule has 0 atom stereocenters. The van der Waals surface area contributed by atoms with Crippen LogP contribution in [0.25, 0.3) is 136 Å². The molecule has 9 N–H and O–H groups in total. The maximum Gasteiger partial charge on any atom is 0.305 e.